The largest absolute Gasteiger partial charge is 0.376 e. The maximum absolute atomic E-state index is 6.08. The minimum Gasteiger partial charge on any atom is -0.376 e. The molecule has 2 unspecified atom stereocenters. The first-order valence-corrected chi connectivity index (χ1v) is 19.8. The van der Waals surface area contributed by atoms with Gasteiger partial charge in [0.05, 0.1) is 17.0 Å². The number of unbranched alkanes of at least 4 members (excludes halogenated alkanes) is 3. The van der Waals surface area contributed by atoms with E-state index in [1.807, 2.05) is 0 Å². The van der Waals surface area contributed by atoms with Gasteiger partial charge in [-0.1, -0.05) is 97.8 Å². The average Bonchev–Trinajstić information content (AvgIpc) is 3.77. The number of nitrogens with zero attached hydrogens (tertiary/aromatic N) is 2. The van der Waals surface area contributed by atoms with Crippen molar-refractivity contribution in [2.75, 3.05) is 18.6 Å². The van der Waals surface area contributed by atoms with E-state index in [-0.39, 0.29) is 5.60 Å². The van der Waals surface area contributed by atoms with Gasteiger partial charge in [-0.2, -0.15) is 0 Å². The van der Waals surface area contributed by atoms with Crippen molar-refractivity contribution in [3.63, 3.8) is 0 Å². The summed E-state index contributed by atoms with van der Waals surface area (Å²) in [5, 5.41) is 3.56. The molecule has 3 nitrogen and oxygen atoms in total. The molecule has 0 spiro atoms. The van der Waals surface area contributed by atoms with Gasteiger partial charge in [-0.3, -0.25) is 0 Å². The second kappa shape index (κ2) is 11.5. The van der Waals surface area contributed by atoms with Crippen LogP contribution in [0.2, 0.25) is 0 Å². The Labute approximate surface area is 281 Å². The molecule has 2 heterocycles. The van der Waals surface area contributed by atoms with Crippen LogP contribution >= 0.6 is 10.0 Å². The third-order valence-corrected chi connectivity index (χ3v) is 15.2. The van der Waals surface area contributed by atoms with E-state index in [0.717, 1.165) is 13.0 Å². The highest BCUT2D eigenvalue weighted by atomic mass is 32.3. The van der Waals surface area contributed by atoms with Crippen molar-refractivity contribution in [3.05, 3.63) is 119 Å². The van der Waals surface area contributed by atoms with Gasteiger partial charge in [0.15, 0.2) is 0 Å². The van der Waals surface area contributed by atoms with Gasteiger partial charge in [0, 0.05) is 75.3 Å². The molecule has 47 heavy (non-hydrogen) atoms. The van der Waals surface area contributed by atoms with Crippen molar-refractivity contribution >= 4 is 31.8 Å². The van der Waals surface area contributed by atoms with E-state index in [1.165, 1.54) is 80.5 Å². The van der Waals surface area contributed by atoms with Crippen LogP contribution in [0.1, 0.15) is 79.2 Å². The molecule has 0 radical (unpaired) electrons. The quantitative estimate of drug-likeness (QED) is 0.144. The second-order valence-electron chi connectivity index (χ2n) is 14.9. The monoisotopic (exact) mass is 640 g/mol. The zero-order valence-corrected chi connectivity index (χ0v) is 29.7. The van der Waals surface area contributed by atoms with Crippen molar-refractivity contribution < 1.29 is 4.74 Å². The summed E-state index contributed by atoms with van der Waals surface area (Å²) >= 11 is 0. The van der Waals surface area contributed by atoms with Crippen LogP contribution in [0.5, 0.6) is 0 Å². The fraction of sp³-hybridized carbons (Fsp3) is 0.349. The smallest absolute Gasteiger partial charge is 0.0598 e. The van der Waals surface area contributed by atoms with Crippen LogP contribution in [0.3, 0.4) is 0 Å². The van der Waals surface area contributed by atoms with Crippen LogP contribution in [0.4, 0.5) is 0 Å². The van der Waals surface area contributed by atoms with Gasteiger partial charge in [0.25, 0.3) is 0 Å². The zero-order chi connectivity index (χ0) is 32.5. The molecule has 8 rings (SSSR count). The number of benzene rings is 4. The number of fused-ring (bicyclic) bond motifs is 10. The maximum Gasteiger partial charge on any atom is 0.0598 e. The molecular formula is C43H48N2OS. The van der Waals surface area contributed by atoms with Gasteiger partial charge in [0.1, 0.15) is 0 Å². The molecular weight excluding hydrogens is 593 g/mol. The molecule has 0 saturated heterocycles. The van der Waals surface area contributed by atoms with Gasteiger partial charge >= 0.3 is 0 Å². The van der Waals surface area contributed by atoms with E-state index >= 15 is 0 Å². The summed E-state index contributed by atoms with van der Waals surface area (Å²) in [6.45, 7) is 7.32. The van der Waals surface area contributed by atoms with Gasteiger partial charge in [0.2, 0.25) is 0 Å². The summed E-state index contributed by atoms with van der Waals surface area (Å²) in [4.78, 5) is 0. The van der Waals surface area contributed by atoms with E-state index in [2.05, 4.69) is 147 Å². The molecule has 242 valence electrons. The molecule has 2 atom stereocenters. The second-order valence-corrected chi connectivity index (χ2v) is 18.7. The predicted molar refractivity (Wildman–Crippen MR) is 203 cm³/mol. The highest BCUT2D eigenvalue weighted by Crippen LogP contribution is 2.77. The van der Waals surface area contributed by atoms with Gasteiger partial charge < -0.3 is 13.9 Å². The minimum absolute atomic E-state index is 0.0687. The number of para-hydroxylation sites is 2. The molecule has 2 aliphatic carbocycles. The summed E-state index contributed by atoms with van der Waals surface area (Å²) in [5.74, 6) is 1.23. The first-order chi connectivity index (χ1) is 22.7. The fourth-order valence-electron chi connectivity index (χ4n) is 8.96. The molecule has 0 aliphatic heterocycles. The van der Waals surface area contributed by atoms with E-state index in [9.17, 15) is 0 Å². The lowest BCUT2D eigenvalue weighted by atomic mass is 10.1. The Morgan fingerprint density at radius 3 is 1.55 bits per heavy atom. The zero-order valence-electron chi connectivity index (χ0n) is 28.8. The Kier molecular flexibility index (Phi) is 7.46. The lowest BCUT2D eigenvalue weighted by Gasteiger charge is -2.48. The van der Waals surface area contributed by atoms with E-state index < -0.39 is 10.0 Å². The van der Waals surface area contributed by atoms with E-state index in [0.29, 0.717) is 10.5 Å². The molecule has 4 heteroatoms. The Bertz CT molecular complexity index is 1990. The fourth-order valence-corrected chi connectivity index (χ4v) is 13.7. The molecule has 0 bridgehead atoms. The lowest BCUT2D eigenvalue weighted by molar-refractivity contribution is -0.00470. The summed E-state index contributed by atoms with van der Waals surface area (Å²) in [5.41, 5.74) is 14.5. The minimum atomic E-state index is -1.38. The molecule has 4 aromatic carbocycles. The summed E-state index contributed by atoms with van der Waals surface area (Å²) in [6, 6.07) is 37.0. The average molecular weight is 641 g/mol. The molecule has 2 aliphatic rings. The van der Waals surface area contributed by atoms with Gasteiger partial charge in [-0.05, 0) is 68.9 Å². The topological polar surface area (TPSA) is 19.1 Å². The Morgan fingerprint density at radius 1 is 0.596 bits per heavy atom. The highest BCUT2D eigenvalue weighted by molar-refractivity contribution is 8.33. The Hall–Kier alpha value is -3.73. The number of aromatic nitrogens is 2. The summed E-state index contributed by atoms with van der Waals surface area (Å²) in [6.07, 6.45) is 7.55. The SMILES string of the molecule is Cn1c2c(c3ccccc31)C(S(C)(CCCCCCOC(C)(C)C)C1c3ccccc3-c3c1c1ccccc1n3C)c1ccccc1-2. The van der Waals surface area contributed by atoms with Crippen LogP contribution in [-0.4, -0.2) is 33.4 Å². The van der Waals surface area contributed by atoms with Gasteiger partial charge in [-0.15, -0.1) is 0 Å². The van der Waals surface area contributed by atoms with Crippen molar-refractivity contribution in [3.8, 4) is 22.5 Å². The van der Waals surface area contributed by atoms with Crippen LogP contribution < -0.4 is 0 Å². The third kappa shape index (κ3) is 4.74. The normalized spacial score (nSPS) is 18.6. The Balaban J connectivity index is 1.31. The highest BCUT2D eigenvalue weighted by Gasteiger charge is 2.50. The third-order valence-electron chi connectivity index (χ3n) is 10.9. The maximum atomic E-state index is 6.08. The van der Waals surface area contributed by atoms with Crippen molar-refractivity contribution in [1.82, 2.24) is 9.13 Å². The molecule has 0 fully saturated rings. The van der Waals surface area contributed by atoms with Crippen LogP contribution in [0.15, 0.2) is 97.1 Å². The summed E-state index contributed by atoms with van der Waals surface area (Å²) < 4.78 is 11.0. The van der Waals surface area contributed by atoms with Gasteiger partial charge in [-0.25, -0.2) is 10.0 Å². The predicted octanol–water partition coefficient (Wildman–Crippen LogP) is 11.3. The number of hydrogen-bond donors (Lipinski definition) is 0. The first kappa shape index (κ1) is 30.6. The van der Waals surface area contributed by atoms with Crippen LogP contribution in [-0.2, 0) is 18.8 Å². The number of aryl methyl sites for hydroxylation is 2. The van der Waals surface area contributed by atoms with Crippen molar-refractivity contribution in [1.29, 1.82) is 0 Å². The molecule has 0 N–H and O–H groups in total. The number of hydrogen-bond acceptors (Lipinski definition) is 1. The number of rotatable bonds is 9. The molecule has 2 aromatic heterocycles. The molecule has 6 aromatic rings. The lowest BCUT2D eigenvalue weighted by Crippen LogP contribution is -2.21. The summed E-state index contributed by atoms with van der Waals surface area (Å²) in [7, 11) is 3.18. The molecule has 0 saturated carbocycles. The first-order valence-electron chi connectivity index (χ1n) is 17.4. The van der Waals surface area contributed by atoms with Crippen molar-refractivity contribution in [2.24, 2.45) is 14.1 Å². The number of ether oxygens (including phenoxy) is 1. The molecule has 0 amide bonds. The Morgan fingerprint density at radius 2 is 1.04 bits per heavy atom. The van der Waals surface area contributed by atoms with Crippen LogP contribution in [0, 0.1) is 0 Å². The van der Waals surface area contributed by atoms with Crippen LogP contribution in [0.25, 0.3) is 44.3 Å². The van der Waals surface area contributed by atoms with Crippen molar-refractivity contribution in [2.45, 2.75) is 62.6 Å². The standard InChI is InChI=1S/C43H48N2OS/c1-43(2,3)46-27-17-7-8-18-28-47(6,41-31-21-11-9-19-29(31)39-37(41)33-23-13-15-25-35(33)44(39)4)42-32-22-12-10-20-30(32)40-38(42)34-24-14-16-26-36(34)45(40)5/h9-16,19-26,41-42H,7-8,17-18,27-28H2,1-6H3. The van der Waals surface area contributed by atoms with E-state index in [1.54, 1.807) is 11.1 Å². The van der Waals surface area contributed by atoms with E-state index in [4.69, 9.17) is 4.74 Å².